The number of aromatic hydroxyl groups is 2. The third-order valence-corrected chi connectivity index (χ3v) is 21.3. The average molecular weight is 1050 g/mol. The molecular weight excluding hydrogens is 990 g/mol. The smallest absolute Gasteiger partial charge is 0.138 e. The lowest BCUT2D eigenvalue weighted by molar-refractivity contribution is -0.00100. The summed E-state index contributed by atoms with van der Waals surface area (Å²) in [6.45, 7) is 2.54. The van der Waals surface area contributed by atoms with E-state index in [9.17, 15) is 10.2 Å². The SMILES string of the molecule is Oc1ccccc1CNCCCCC[P+](c1ccccc1)(c1ccccc1)c1ccccc1.Oc1ccccc1NCCCCC[P+](c1ccccc1)(c1ccccc1)c1ccccc1.[Br-].[Br-]. The average Bonchev–Trinajstić information content (AvgIpc) is 3.37. The second-order valence-corrected chi connectivity index (χ2v) is 23.7. The number of phenolic OH excluding ortho intramolecular Hbond substituents is 2. The summed E-state index contributed by atoms with van der Waals surface area (Å²) >= 11 is 0. The van der Waals surface area contributed by atoms with E-state index in [4.69, 9.17) is 0 Å². The van der Waals surface area contributed by atoms with Crippen LogP contribution in [0.5, 0.6) is 11.5 Å². The van der Waals surface area contributed by atoms with Gasteiger partial charge >= 0.3 is 0 Å². The van der Waals surface area contributed by atoms with Crippen molar-refractivity contribution in [3.05, 3.63) is 236 Å². The maximum Gasteiger partial charge on any atom is 0.138 e. The summed E-state index contributed by atoms with van der Waals surface area (Å²) in [5.74, 6) is 0.683. The lowest BCUT2D eigenvalue weighted by Crippen LogP contribution is -3.00. The van der Waals surface area contributed by atoms with E-state index in [1.807, 2.05) is 36.4 Å². The van der Waals surface area contributed by atoms with Gasteiger partial charge in [-0.3, -0.25) is 0 Å². The highest BCUT2D eigenvalue weighted by Crippen LogP contribution is 2.57. The Morgan fingerprint density at radius 2 is 0.627 bits per heavy atom. The summed E-state index contributed by atoms with van der Waals surface area (Å²) in [6.07, 6.45) is 9.21. The van der Waals surface area contributed by atoms with E-state index in [1.54, 1.807) is 12.1 Å². The van der Waals surface area contributed by atoms with Crippen LogP contribution >= 0.6 is 14.5 Å². The zero-order chi connectivity index (χ0) is 44.8. The molecule has 0 amide bonds. The fourth-order valence-corrected chi connectivity index (χ4v) is 17.7. The Hall–Kier alpha value is -5.06. The van der Waals surface area contributed by atoms with Crippen LogP contribution in [0.1, 0.15) is 44.1 Å². The Balaban J connectivity index is 0.000000244. The number of hydrogen-bond acceptors (Lipinski definition) is 4. The highest BCUT2D eigenvalue weighted by atomic mass is 79.9. The van der Waals surface area contributed by atoms with Crippen LogP contribution in [-0.2, 0) is 6.54 Å². The summed E-state index contributed by atoms with van der Waals surface area (Å²) in [4.78, 5) is 0. The highest BCUT2D eigenvalue weighted by Gasteiger charge is 2.45. The summed E-state index contributed by atoms with van der Waals surface area (Å²) in [5.41, 5.74) is 1.77. The van der Waals surface area contributed by atoms with Gasteiger partial charge in [-0.05, 0) is 136 Å². The van der Waals surface area contributed by atoms with E-state index >= 15 is 0 Å². The van der Waals surface area contributed by atoms with Crippen molar-refractivity contribution < 1.29 is 44.2 Å². The summed E-state index contributed by atoms with van der Waals surface area (Å²) in [7, 11) is -3.44. The zero-order valence-electron chi connectivity index (χ0n) is 38.3. The molecule has 0 spiro atoms. The van der Waals surface area contributed by atoms with Crippen LogP contribution in [0.4, 0.5) is 5.69 Å². The minimum Gasteiger partial charge on any atom is -1.00 e. The number of halogens is 2. The van der Waals surface area contributed by atoms with Crippen LogP contribution in [0.3, 0.4) is 0 Å². The third-order valence-electron chi connectivity index (χ3n) is 12.2. The van der Waals surface area contributed by atoms with Crippen molar-refractivity contribution in [2.75, 3.05) is 30.7 Å². The van der Waals surface area contributed by atoms with Crippen molar-refractivity contribution in [2.24, 2.45) is 0 Å². The van der Waals surface area contributed by atoms with E-state index in [1.165, 1.54) is 50.8 Å². The molecule has 0 heterocycles. The van der Waals surface area contributed by atoms with Gasteiger partial charge in [-0.15, -0.1) is 0 Å². The van der Waals surface area contributed by atoms with Crippen molar-refractivity contribution in [3.63, 3.8) is 0 Å². The molecule has 4 nitrogen and oxygen atoms in total. The van der Waals surface area contributed by atoms with Gasteiger partial charge in [0.2, 0.25) is 0 Å². The molecule has 0 bridgehead atoms. The van der Waals surface area contributed by atoms with Crippen LogP contribution in [0.2, 0.25) is 0 Å². The largest absolute Gasteiger partial charge is 1.00 e. The summed E-state index contributed by atoms with van der Waals surface area (Å²) in [6, 6.07) is 81.6. The van der Waals surface area contributed by atoms with Gasteiger partial charge < -0.3 is 54.8 Å². The Labute approximate surface area is 422 Å². The number of hydrogen-bond donors (Lipinski definition) is 4. The molecule has 8 rings (SSSR count). The van der Waals surface area contributed by atoms with Crippen LogP contribution in [0.15, 0.2) is 231 Å². The molecule has 0 aliphatic carbocycles. The number of rotatable bonds is 21. The molecule has 8 aromatic carbocycles. The molecule has 67 heavy (non-hydrogen) atoms. The van der Waals surface area contributed by atoms with Gasteiger partial charge in [-0.25, -0.2) is 0 Å². The zero-order valence-corrected chi connectivity index (χ0v) is 43.2. The van der Waals surface area contributed by atoms with Crippen molar-refractivity contribution in [1.29, 1.82) is 0 Å². The normalized spacial score (nSPS) is 11.0. The van der Waals surface area contributed by atoms with Crippen molar-refractivity contribution >= 4 is 52.0 Å². The maximum absolute atomic E-state index is 9.94. The fourth-order valence-electron chi connectivity index (χ4n) is 8.92. The predicted octanol–water partition coefficient (Wildman–Crippen LogP) is 5.62. The van der Waals surface area contributed by atoms with E-state index < -0.39 is 14.5 Å². The maximum atomic E-state index is 9.94. The molecule has 0 aliphatic heterocycles. The third kappa shape index (κ3) is 14.2. The second-order valence-electron chi connectivity index (χ2n) is 16.5. The minimum atomic E-state index is -1.73. The van der Waals surface area contributed by atoms with Gasteiger partial charge in [-0.1, -0.05) is 140 Å². The van der Waals surface area contributed by atoms with Gasteiger partial charge in [0, 0.05) is 18.7 Å². The Kier molecular flexibility index (Phi) is 22.4. The summed E-state index contributed by atoms with van der Waals surface area (Å²) in [5, 5.41) is 35.4. The first-order valence-corrected chi connectivity index (χ1v) is 27.2. The standard InChI is InChI=1S/C30H32NOP.C29H30NOP.2BrH/c32-30-22-12-11-15-26(30)25-31-23-13-4-14-24-33(27-16-5-1-6-17-27,28-18-7-2-8-19-28)29-20-9-3-10-21-29;31-29-22-12-11-21-28(29)30-23-13-4-14-24-32(25-15-5-1-6-16-25,26-17-7-2-8-18-26)27-19-9-3-10-20-27;;/h1-3,5-12,15-22,31H,4,13-14,23-25H2;1-3,5-12,15-22,30H,4,13-14,23-24H2;2*1H. The summed E-state index contributed by atoms with van der Waals surface area (Å²) < 4.78 is 0. The number of nitrogens with one attached hydrogen (secondary N) is 2. The van der Waals surface area contributed by atoms with Crippen LogP contribution in [0, 0.1) is 0 Å². The molecule has 4 N–H and O–H groups in total. The number of unbranched alkanes of at least 4 members (excludes halogenated alkanes) is 4. The molecule has 346 valence electrons. The molecule has 0 saturated heterocycles. The molecule has 0 unspecified atom stereocenters. The second kappa shape index (κ2) is 28.3. The molecule has 0 fully saturated rings. The molecule has 0 radical (unpaired) electrons. The monoisotopic (exact) mass is 1050 g/mol. The lowest BCUT2D eigenvalue weighted by Gasteiger charge is -2.27. The topological polar surface area (TPSA) is 64.5 Å². The number of anilines is 1. The van der Waals surface area contributed by atoms with E-state index in [0.717, 1.165) is 56.2 Å². The molecule has 0 atom stereocenters. The molecule has 8 aromatic rings. The first-order valence-electron chi connectivity index (χ1n) is 23.2. The van der Waals surface area contributed by atoms with Crippen molar-refractivity contribution in [2.45, 2.75) is 45.1 Å². The first kappa shape index (κ1) is 52.9. The van der Waals surface area contributed by atoms with Crippen LogP contribution in [0.25, 0.3) is 0 Å². The highest BCUT2D eigenvalue weighted by molar-refractivity contribution is 7.96. The predicted molar refractivity (Wildman–Crippen MR) is 284 cm³/mol. The number of benzene rings is 8. The van der Waals surface area contributed by atoms with Crippen LogP contribution in [-0.4, -0.2) is 35.6 Å². The van der Waals surface area contributed by atoms with Gasteiger partial charge in [0.25, 0.3) is 0 Å². The number of para-hydroxylation sites is 3. The lowest BCUT2D eigenvalue weighted by atomic mass is 10.2. The minimum absolute atomic E-state index is 0. The molecule has 8 heteroatoms. The Morgan fingerprint density at radius 3 is 0.985 bits per heavy atom. The van der Waals surface area contributed by atoms with E-state index in [-0.39, 0.29) is 34.0 Å². The van der Waals surface area contributed by atoms with E-state index in [2.05, 4.69) is 193 Å². The van der Waals surface area contributed by atoms with Gasteiger partial charge in [0.05, 0.1) is 18.0 Å². The molecule has 0 aliphatic rings. The quantitative estimate of drug-likeness (QED) is 0.0429. The van der Waals surface area contributed by atoms with Gasteiger partial charge in [0.1, 0.15) is 57.9 Å². The first-order chi connectivity index (χ1) is 32.1. The Morgan fingerprint density at radius 1 is 0.313 bits per heavy atom. The Bertz CT molecular complexity index is 2370. The van der Waals surface area contributed by atoms with E-state index in [0.29, 0.717) is 18.0 Å². The van der Waals surface area contributed by atoms with Crippen LogP contribution < -0.4 is 76.4 Å². The molecular formula is C59H64Br2N2O2P2. The fraction of sp³-hybridized carbons (Fsp3) is 0.186. The van der Waals surface area contributed by atoms with Crippen molar-refractivity contribution in [3.8, 4) is 11.5 Å². The van der Waals surface area contributed by atoms with Gasteiger partial charge in [0.15, 0.2) is 0 Å². The van der Waals surface area contributed by atoms with Crippen molar-refractivity contribution in [1.82, 2.24) is 5.32 Å². The van der Waals surface area contributed by atoms with Gasteiger partial charge in [-0.2, -0.15) is 0 Å². The number of phenols is 2. The molecule has 0 saturated carbocycles. The molecule has 0 aromatic heterocycles.